The van der Waals surface area contributed by atoms with Crippen molar-refractivity contribution < 1.29 is 33.7 Å². The number of aryl methyl sites for hydroxylation is 1. The molecule has 4 aromatic carbocycles. The highest BCUT2D eigenvalue weighted by molar-refractivity contribution is 6.09. The Hall–Kier alpha value is -6.39. The number of hydrogen-bond donors (Lipinski definition) is 3. The van der Waals surface area contributed by atoms with Gasteiger partial charge in [0.25, 0.3) is 0 Å². The Bertz CT molecular complexity index is 2000. The Balaban J connectivity index is 0.000000274. The van der Waals surface area contributed by atoms with Gasteiger partial charge < -0.3 is 20.1 Å². The first-order valence-corrected chi connectivity index (χ1v) is 20.0. The number of aliphatic imine (C=N–C) groups is 1. The average molecular weight is 819 g/mol. The van der Waals surface area contributed by atoms with E-state index in [1.807, 2.05) is 60.7 Å². The molecule has 12 nitrogen and oxygen atoms in total. The number of fused-ring (bicyclic) bond motifs is 1. The molecular weight excluding hydrogens is 757 g/mol. The predicted octanol–water partition coefficient (Wildman–Crippen LogP) is 5.32. The van der Waals surface area contributed by atoms with E-state index in [2.05, 4.69) is 37.3 Å². The van der Waals surface area contributed by atoms with Crippen molar-refractivity contribution in [1.82, 2.24) is 20.9 Å². The Morgan fingerprint density at radius 2 is 1.20 bits per heavy atom. The molecule has 4 aliphatic heterocycles. The van der Waals surface area contributed by atoms with Crippen molar-refractivity contribution in [2.24, 2.45) is 4.99 Å². The van der Waals surface area contributed by atoms with E-state index in [1.165, 1.54) is 63.4 Å². The van der Waals surface area contributed by atoms with Crippen LogP contribution in [0, 0.1) is 0 Å². The third-order valence-corrected chi connectivity index (χ3v) is 9.82. The number of benzene rings is 4. The number of carboxylic acid groups (broad SMARTS) is 1. The highest BCUT2D eigenvalue weighted by Crippen LogP contribution is 2.18. The third kappa shape index (κ3) is 15.8. The van der Waals surface area contributed by atoms with Gasteiger partial charge in [0.15, 0.2) is 17.5 Å². The summed E-state index contributed by atoms with van der Waals surface area (Å²) in [5.41, 5.74) is 4.35. The molecule has 1 fully saturated rings. The minimum atomic E-state index is -1.15. The Labute approximate surface area is 355 Å². The van der Waals surface area contributed by atoms with Crippen molar-refractivity contribution in [3.05, 3.63) is 143 Å². The molecule has 0 amide bonds. The van der Waals surface area contributed by atoms with E-state index in [0.29, 0.717) is 16.7 Å². The third-order valence-electron chi connectivity index (χ3n) is 9.82. The first-order valence-electron chi connectivity index (χ1n) is 20.0. The summed E-state index contributed by atoms with van der Waals surface area (Å²) in [5, 5.41) is 20.9. The van der Waals surface area contributed by atoms with Crippen LogP contribution in [0.25, 0.3) is 0 Å². The second-order valence-electron chi connectivity index (χ2n) is 13.9. The van der Waals surface area contributed by atoms with Gasteiger partial charge in [-0.15, -0.1) is 0 Å². The molecule has 0 spiro atoms. The molecule has 8 rings (SSSR count). The molecule has 1 atom stereocenters. The van der Waals surface area contributed by atoms with Crippen molar-refractivity contribution in [3.8, 4) is 0 Å². The number of nitrogens with zero attached hydrogens (tertiary/aromatic N) is 3. The van der Waals surface area contributed by atoms with Crippen molar-refractivity contribution in [3.63, 3.8) is 0 Å². The Morgan fingerprint density at radius 3 is 1.72 bits per heavy atom. The van der Waals surface area contributed by atoms with Gasteiger partial charge in [-0.3, -0.25) is 29.8 Å². The first kappa shape index (κ1) is 49.8. The van der Waals surface area contributed by atoms with Crippen LogP contribution in [-0.2, 0) is 20.8 Å². The topological polar surface area (TPSA) is 163 Å². The van der Waals surface area contributed by atoms with Crippen molar-refractivity contribution >= 4 is 35.6 Å². The van der Waals surface area contributed by atoms with E-state index in [1.54, 1.807) is 55.5 Å². The van der Waals surface area contributed by atoms with E-state index in [0.717, 1.165) is 49.7 Å². The van der Waals surface area contributed by atoms with Gasteiger partial charge in [0.2, 0.25) is 0 Å². The SMILES string of the molecule is C.C.C1CN=C2NCCCN2C1.C1CNC2=[N+](C1)CCCN2.CC(C(=O)[O-])c1cccc(C(=O)c2ccccc2)c1.CCc1cccc(C(=O)c2ccccc2)c1.O=C=O. The van der Waals surface area contributed by atoms with Crippen LogP contribution in [0.2, 0.25) is 0 Å². The normalized spacial score (nSPS) is 14.8. The lowest BCUT2D eigenvalue weighted by molar-refractivity contribution is -0.539. The number of hydrogen-bond acceptors (Lipinski definition) is 11. The number of ketones is 2. The molecule has 4 aliphatic rings. The van der Waals surface area contributed by atoms with Gasteiger partial charge in [-0.25, -0.2) is 0 Å². The predicted molar refractivity (Wildman–Crippen MR) is 235 cm³/mol. The molecule has 4 aromatic rings. The fourth-order valence-electron chi connectivity index (χ4n) is 6.61. The van der Waals surface area contributed by atoms with Crippen LogP contribution in [0.15, 0.2) is 114 Å². The molecule has 4 heterocycles. The summed E-state index contributed by atoms with van der Waals surface area (Å²) in [6.07, 6.45) is 6.26. The maximum atomic E-state index is 12.2. The van der Waals surface area contributed by atoms with E-state index in [-0.39, 0.29) is 32.6 Å². The van der Waals surface area contributed by atoms with E-state index in [4.69, 9.17) is 9.59 Å². The quantitative estimate of drug-likeness (QED) is 0.164. The standard InChI is InChI=1S/C16H14O3.C15H14O.2C7H13N3.CO2.2CH4/c1-11(16(18)19)13-8-5-9-14(10-13)15(17)12-6-3-2-4-7-12;1-2-12-7-6-10-14(11-12)15(16)13-8-4-3-5-9-13;2*1-3-8-7-9-4-2-6-10(7)5-1;2-1-3;;/h2-11H,1H3,(H,18,19);3-11H,2H2,1H3;2*1-6H2,(H,8,9);;2*1H4. The number of guanidine groups is 2. The fraction of sp³-hybridized carbons (Fsp3) is 0.375. The smallest absolute Gasteiger partial charge is 0.373 e. The minimum absolute atomic E-state index is 0. The largest absolute Gasteiger partial charge is 0.550 e. The summed E-state index contributed by atoms with van der Waals surface area (Å²) in [5.74, 6) is 0.492. The van der Waals surface area contributed by atoms with Gasteiger partial charge in [0.05, 0.1) is 26.2 Å². The van der Waals surface area contributed by atoms with Gasteiger partial charge in [-0.05, 0) is 42.5 Å². The van der Waals surface area contributed by atoms with Gasteiger partial charge in [-0.2, -0.15) is 9.59 Å². The molecule has 320 valence electrons. The van der Waals surface area contributed by atoms with E-state index >= 15 is 0 Å². The number of carbonyl (C=O) groups is 3. The highest BCUT2D eigenvalue weighted by atomic mass is 16.4. The van der Waals surface area contributed by atoms with Crippen LogP contribution in [0.3, 0.4) is 0 Å². The van der Waals surface area contributed by atoms with Gasteiger partial charge in [0.1, 0.15) is 0 Å². The molecule has 3 N–H and O–H groups in total. The zero-order chi connectivity index (χ0) is 41.5. The Morgan fingerprint density at radius 1 is 0.700 bits per heavy atom. The second-order valence-corrected chi connectivity index (χ2v) is 13.9. The number of carboxylic acids is 1. The van der Waals surface area contributed by atoms with E-state index in [9.17, 15) is 19.5 Å². The average Bonchev–Trinajstić information content (AvgIpc) is 3.30. The Kier molecular flexibility index (Phi) is 22.7. The monoisotopic (exact) mass is 818 g/mol. The molecule has 0 aromatic heterocycles. The minimum Gasteiger partial charge on any atom is -0.550 e. The lowest BCUT2D eigenvalue weighted by Gasteiger charge is -2.33. The summed E-state index contributed by atoms with van der Waals surface area (Å²) in [6.45, 7) is 12.9. The van der Waals surface area contributed by atoms with Crippen LogP contribution < -0.4 is 21.1 Å². The maximum absolute atomic E-state index is 12.2. The lowest BCUT2D eigenvalue weighted by Crippen LogP contribution is -2.52. The van der Waals surface area contributed by atoms with Crippen LogP contribution >= 0.6 is 0 Å². The maximum Gasteiger partial charge on any atom is 0.373 e. The first-order chi connectivity index (χ1) is 28.2. The van der Waals surface area contributed by atoms with Gasteiger partial charge in [0, 0.05) is 73.2 Å². The summed E-state index contributed by atoms with van der Waals surface area (Å²) < 4.78 is 2.40. The lowest BCUT2D eigenvalue weighted by atomic mass is 9.96. The van der Waals surface area contributed by atoms with Crippen molar-refractivity contribution in [1.29, 1.82) is 0 Å². The second kappa shape index (κ2) is 27.3. The molecule has 0 saturated carbocycles. The van der Waals surface area contributed by atoms with Crippen LogP contribution in [0.5, 0.6) is 0 Å². The van der Waals surface area contributed by atoms with Crippen molar-refractivity contribution in [2.45, 2.75) is 66.7 Å². The molecule has 12 heteroatoms. The summed E-state index contributed by atoms with van der Waals surface area (Å²) in [4.78, 5) is 58.2. The molecule has 60 heavy (non-hydrogen) atoms. The number of aliphatic carboxylic acids is 1. The molecule has 0 bridgehead atoms. The number of carbonyl (C=O) groups excluding carboxylic acids is 5. The summed E-state index contributed by atoms with van der Waals surface area (Å²) in [7, 11) is 0. The summed E-state index contributed by atoms with van der Waals surface area (Å²) >= 11 is 0. The van der Waals surface area contributed by atoms with Crippen molar-refractivity contribution in [2.75, 3.05) is 52.4 Å². The summed E-state index contributed by atoms with van der Waals surface area (Å²) in [6, 6.07) is 32.8. The molecular formula is C48H62N6O6. The molecule has 1 saturated heterocycles. The van der Waals surface area contributed by atoms with Gasteiger partial charge >= 0.3 is 12.1 Å². The zero-order valence-corrected chi connectivity index (χ0v) is 33.5. The zero-order valence-electron chi connectivity index (χ0n) is 33.5. The van der Waals surface area contributed by atoms with Crippen LogP contribution in [-0.4, -0.2) is 97.4 Å². The van der Waals surface area contributed by atoms with Gasteiger partial charge in [-0.1, -0.05) is 126 Å². The van der Waals surface area contributed by atoms with Crippen LogP contribution in [0.1, 0.15) is 103 Å². The number of nitrogens with one attached hydrogen (secondary N) is 3. The highest BCUT2D eigenvalue weighted by Gasteiger charge is 2.20. The number of rotatable bonds is 7. The molecule has 0 aliphatic carbocycles. The molecule has 1 unspecified atom stereocenters. The van der Waals surface area contributed by atoms with Crippen LogP contribution in [0.4, 0.5) is 0 Å². The van der Waals surface area contributed by atoms with E-state index < -0.39 is 11.9 Å². The fourth-order valence-corrected chi connectivity index (χ4v) is 6.61. The molecule has 0 radical (unpaired) electrons.